The number of hydrogen-bond donors (Lipinski definition) is 1. The van der Waals surface area contributed by atoms with Crippen molar-refractivity contribution in [2.24, 2.45) is 5.92 Å². The monoisotopic (exact) mass is 418 g/mol. The minimum absolute atomic E-state index is 0.110. The maximum atomic E-state index is 13.3. The molecule has 0 spiro atoms. The predicted octanol–water partition coefficient (Wildman–Crippen LogP) is 3.66. The highest BCUT2D eigenvalue weighted by Crippen LogP contribution is 2.24. The summed E-state index contributed by atoms with van der Waals surface area (Å²) in [6.45, 7) is 9.86. The third-order valence-corrected chi connectivity index (χ3v) is 5.18. The molecule has 7 nitrogen and oxygen atoms in total. The molecule has 7 heteroatoms. The Bertz CT molecular complexity index is 729. The number of nitrogens with zero attached hydrogens (tertiary/aromatic N) is 1. The van der Waals surface area contributed by atoms with Crippen LogP contribution in [0.15, 0.2) is 30.3 Å². The Morgan fingerprint density at radius 3 is 2.47 bits per heavy atom. The van der Waals surface area contributed by atoms with Crippen molar-refractivity contribution in [2.45, 2.75) is 78.2 Å². The first-order valence-corrected chi connectivity index (χ1v) is 10.6. The van der Waals surface area contributed by atoms with Gasteiger partial charge in [-0.15, -0.1) is 0 Å². The lowest BCUT2D eigenvalue weighted by Crippen LogP contribution is -2.54. The number of benzene rings is 1. The molecule has 1 heterocycles. The first kappa shape index (κ1) is 23.7. The molecule has 1 aromatic carbocycles. The molecule has 1 aliphatic heterocycles. The fraction of sp³-hybridized carbons (Fsp3) is 0.609. The molecule has 2 amide bonds. The van der Waals surface area contributed by atoms with Crippen molar-refractivity contribution in [2.75, 3.05) is 6.54 Å². The highest BCUT2D eigenvalue weighted by atomic mass is 16.6. The molecule has 1 aromatic rings. The summed E-state index contributed by atoms with van der Waals surface area (Å²) in [6.07, 6.45) is 1.33. The van der Waals surface area contributed by atoms with Crippen LogP contribution in [-0.2, 0) is 25.7 Å². The SMILES string of the molecule is CC[C@H](C)[C@H](NC(=O)OCc1ccccc1)C(=O)N1CCC[C@H]1C(=O)OC(C)(C)C. The molecule has 0 unspecified atom stereocenters. The van der Waals surface area contributed by atoms with Crippen LogP contribution in [0.1, 0.15) is 59.4 Å². The maximum Gasteiger partial charge on any atom is 0.408 e. The van der Waals surface area contributed by atoms with E-state index in [1.807, 2.05) is 44.2 Å². The molecule has 2 rings (SSSR count). The van der Waals surface area contributed by atoms with Gasteiger partial charge in [0.2, 0.25) is 5.91 Å². The summed E-state index contributed by atoms with van der Waals surface area (Å²) in [5, 5.41) is 2.72. The van der Waals surface area contributed by atoms with E-state index in [4.69, 9.17) is 9.47 Å². The van der Waals surface area contributed by atoms with Gasteiger partial charge in [-0.2, -0.15) is 0 Å². The topological polar surface area (TPSA) is 84.9 Å². The van der Waals surface area contributed by atoms with Crippen LogP contribution >= 0.6 is 0 Å². The van der Waals surface area contributed by atoms with Crippen LogP contribution in [0.3, 0.4) is 0 Å². The lowest BCUT2D eigenvalue weighted by molar-refractivity contribution is -0.163. The average Bonchev–Trinajstić information content (AvgIpc) is 3.19. The van der Waals surface area contributed by atoms with Crippen molar-refractivity contribution in [1.82, 2.24) is 10.2 Å². The third-order valence-electron chi connectivity index (χ3n) is 5.18. The molecule has 30 heavy (non-hydrogen) atoms. The van der Waals surface area contributed by atoms with Crippen molar-refractivity contribution < 1.29 is 23.9 Å². The number of esters is 1. The van der Waals surface area contributed by atoms with Gasteiger partial charge < -0.3 is 19.7 Å². The number of carbonyl (C=O) groups is 3. The number of amides is 2. The van der Waals surface area contributed by atoms with Crippen molar-refractivity contribution in [3.8, 4) is 0 Å². The van der Waals surface area contributed by atoms with E-state index in [1.54, 1.807) is 25.7 Å². The summed E-state index contributed by atoms with van der Waals surface area (Å²) in [4.78, 5) is 39.8. The van der Waals surface area contributed by atoms with E-state index < -0.39 is 29.7 Å². The Morgan fingerprint density at radius 1 is 1.20 bits per heavy atom. The Hall–Kier alpha value is -2.57. The Kier molecular flexibility index (Phi) is 8.26. The second-order valence-corrected chi connectivity index (χ2v) is 8.79. The van der Waals surface area contributed by atoms with Crippen LogP contribution in [0, 0.1) is 5.92 Å². The Balaban J connectivity index is 2.05. The molecule has 1 fully saturated rings. The Morgan fingerprint density at radius 2 is 1.87 bits per heavy atom. The van der Waals surface area contributed by atoms with Gasteiger partial charge in [0.25, 0.3) is 0 Å². The molecule has 0 aromatic heterocycles. The largest absolute Gasteiger partial charge is 0.458 e. The number of ether oxygens (including phenoxy) is 2. The van der Waals surface area contributed by atoms with Crippen LogP contribution in [0.5, 0.6) is 0 Å². The average molecular weight is 419 g/mol. The van der Waals surface area contributed by atoms with E-state index in [0.717, 1.165) is 12.0 Å². The smallest absolute Gasteiger partial charge is 0.408 e. The summed E-state index contributed by atoms with van der Waals surface area (Å²) in [5.41, 5.74) is 0.243. The molecular formula is C23H34N2O5. The van der Waals surface area contributed by atoms with Crippen LogP contribution in [0.4, 0.5) is 4.79 Å². The summed E-state index contributed by atoms with van der Waals surface area (Å²) in [6, 6.07) is 7.96. The van der Waals surface area contributed by atoms with Crippen LogP contribution in [0.25, 0.3) is 0 Å². The highest BCUT2D eigenvalue weighted by molar-refractivity contribution is 5.90. The van der Waals surface area contributed by atoms with Gasteiger partial charge in [-0.3, -0.25) is 4.79 Å². The van der Waals surface area contributed by atoms with Gasteiger partial charge in [0, 0.05) is 6.54 Å². The third kappa shape index (κ3) is 6.75. The number of rotatable bonds is 7. The van der Waals surface area contributed by atoms with Crippen molar-refractivity contribution in [3.63, 3.8) is 0 Å². The first-order chi connectivity index (χ1) is 14.1. The maximum absolute atomic E-state index is 13.3. The van der Waals surface area contributed by atoms with E-state index in [0.29, 0.717) is 19.4 Å². The molecule has 1 saturated heterocycles. The molecule has 1 aliphatic rings. The molecular weight excluding hydrogens is 384 g/mol. The van der Waals surface area contributed by atoms with Gasteiger partial charge in [0.05, 0.1) is 0 Å². The minimum atomic E-state index is -0.763. The summed E-state index contributed by atoms with van der Waals surface area (Å²) in [5.74, 6) is -0.779. The molecule has 0 saturated carbocycles. The van der Waals surface area contributed by atoms with Gasteiger partial charge in [-0.25, -0.2) is 9.59 Å². The number of hydrogen-bond acceptors (Lipinski definition) is 5. The Labute approximate surface area is 179 Å². The van der Waals surface area contributed by atoms with Crippen LogP contribution in [-0.4, -0.2) is 47.1 Å². The number of nitrogens with one attached hydrogen (secondary N) is 1. The zero-order chi connectivity index (χ0) is 22.3. The number of carbonyl (C=O) groups excluding carboxylic acids is 3. The van der Waals surface area contributed by atoms with Crippen molar-refractivity contribution in [1.29, 1.82) is 0 Å². The first-order valence-electron chi connectivity index (χ1n) is 10.6. The standard InChI is InChI=1S/C23H34N2O5/c1-6-16(2)19(24-22(28)29-15-17-11-8-7-9-12-17)20(26)25-14-10-13-18(25)21(27)30-23(3,4)5/h7-9,11-12,16,18-19H,6,10,13-15H2,1-5H3,(H,24,28)/t16-,18-,19-/m0/s1. The highest BCUT2D eigenvalue weighted by Gasteiger charge is 2.41. The number of likely N-dealkylation sites (tertiary alicyclic amines) is 1. The molecule has 1 N–H and O–H groups in total. The van der Waals surface area contributed by atoms with E-state index in [1.165, 1.54) is 0 Å². The van der Waals surface area contributed by atoms with E-state index in [-0.39, 0.29) is 18.4 Å². The van der Waals surface area contributed by atoms with E-state index >= 15 is 0 Å². The van der Waals surface area contributed by atoms with Crippen molar-refractivity contribution in [3.05, 3.63) is 35.9 Å². The van der Waals surface area contributed by atoms with Crippen LogP contribution in [0.2, 0.25) is 0 Å². The van der Waals surface area contributed by atoms with Crippen molar-refractivity contribution >= 4 is 18.0 Å². The lowest BCUT2D eigenvalue weighted by atomic mass is 9.97. The zero-order valence-corrected chi connectivity index (χ0v) is 18.6. The fourth-order valence-corrected chi connectivity index (χ4v) is 3.40. The normalized spacial score (nSPS) is 18.4. The minimum Gasteiger partial charge on any atom is -0.458 e. The molecule has 0 aliphatic carbocycles. The molecule has 3 atom stereocenters. The second-order valence-electron chi connectivity index (χ2n) is 8.79. The van der Waals surface area contributed by atoms with Gasteiger partial charge in [0.15, 0.2) is 0 Å². The summed E-state index contributed by atoms with van der Waals surface area (Å²) in [7, 11) is 0. The predicted molar refractivity (Wildman–Crippen MR) is 114 cm³/mol. The van der Waals surface area contributed by atoms with Crippen LogP contribution < -0.4 is 5.32 Å². The van der Waals surface area contributed by atoms with Gasteiger partial charge in [-0.1, -0.05) is 50.6 Å². The van der Waals surface area contributed by atoms with Gasteiger partial charge in [0.1, 0.15) is 24.3 Å². The van der Waals surface area contributed by atoms with Gasteiger partial charge >= 0.3 is 12.1 Å². The van der Waals surface area contributed by atoms with E-state index in [2.05, 4.69) is 5.32 Å². The summed E-state index contributed by atoms with van der Waals surface area (Å²) < 4.78 is 10.8. The second kappa shape index (κ2) is 10.5. The molecule has 166 valence electrons. The van der Waals surface area contributed by atoms with E-state index in [9.17, 15) is 14.4 Å². The fourth-order valence-electron chi connectivity index (χ4n) is 3.40. The molecule has 0 radical (unpaired) electrons. The zero-order valence-electron chi connectivity index (χ0n) is 18.6. The summed E-state index contributed by atoms with van der Waals surface area (Å²) >= 11 is 0. The molecule has 0 bridgehead atoms. The lowest BCUT2D eigenvalue weighted by Gasteiger charge is -2.32. The number of alkyl carbamates (subject to hydrolysis) is 1. The quantitative estimate of drug-likeness (QED) is 0.683. The van der Waals surface area contributed by atoms with Gasteiger partial charge in [-0.05, 0) is 45.1 Å².